The molecule has 1 atom stereocenters. The number of nitrogens with zero attached hydrogens (tertiary/aromatic N) is 2. The number of amides is 1. The number of rotatable bonds is 7. The molecule has 26 heavy (non-hydrogen) atoms. The van der Waals surface area contributed by atoms with Crippen LogP contribution >= 0.6 is 0 Å². The number of carbonyl (C=O) groups excluding carboxylic acids is 2. The lowest BCUT2D eigenvalue weighted by Crippen LogP contribution is -2.48. The van der Waals surface area contributed by atoms with Crippen molar-refractivity contribution in [1.29, 1.82) is 5.26 Å². The number of nitrogens with one attached hydrogen (secondary N) is 1. The first-order valence-corrected chi connectivity index (χ1v) is 7.91. The maximum Gasteiger partial charge on any atom is 0.271 e. The van der Waals surface area contributed by atoms with Crippen LogP contribution < -0.4 is 5.32 Å². The number of carbonyl (C=O) groups is 2. The number of nitriles is 1. The molecule has 1 heterocycles. The monoisotopic (exact) mass is 355 g/mol. The zero-order valence-corrected chi connectivity index (χ0v) is 14.2. The van der Waals surface area contributed by atoms with Gasteiger partial charge in [-0.2, -0.15) is 5.26 Å². The Morgan fingerprint density at radius 1 is 1.31 bits per heavy atom. The van der Waals surface area contributed by atoms with E-state index in [2.05, 4.69) is 10.3 Å². The van der Waals surface area contributed by atoms with Gasteiger partial charge in [-0.25, -0.2) is 4.39 Å². The second-order valence-electron chi connectivity index (χ2n) is 6.09. The third-order valence-electron chi connectivity index (χ3n) is 3.76. The molecular weight excluding hydrogens is 337 g/mol. The molecule has 0 aliphatic heterocycles. The van der Waals surface area contributed by atoms with Crippen molar-refractivity contribution >= 4 is 11.7 Å². The van der Waals surface area contributed by atoms with E-state index in [4.69, 9.17) is 5.26 Å². The number of Topliss-reactive ketones (excluding diaryl/α,β-unsaturated/α-hetero) is 1. The highest BCUT2D eigenvalue weighted by atomic mass is 19.1. The molecule has 0 fully saturated rings. The van der Waals surface area contributed by atoms with Crippen molar-refractivity contribution < 1.29 is 19.1 Å². The standard InChI is InChI=1S/C19H18FN3O3/c1-19(11-21,12-24)23-18(26)17-9-13(6-7-22-17)8-15(25)10-14-4-2-3-5-16(14)20/h2-7,9,24H,8,10,12H2,1H3,(H,23,26). The summed E-state index contributed by atoms with van der Waals surface area (Å²) in [7, 11) is 0. The van der Waals surface area contributed by atoms with Crippen molar-refractivity contribution in [3.63, 3.8) is 0 Å². The zero-order valence-electron chi connectivity index (χ0n) is 14.2. The van der Waals surface area contributed by atoms with E-state index in [1.54, 1.807) is 24.3 Å². The summed E-state index contributed by atoms with van der Waals surface area (Å²) in [5, 5.41) is 20.6. The Hall–Kier alpha value is -3.11. The van der Waals surface area contributed by atoms with Gasteiger partial charge < -0.3 is 10.4 Å². The van der Waals surface area contributed by atoms with Crippen LogP contribution in [0, 0.1) is 17.1 Å². The summed E-state index contributed by atoms with van der Waals surface area (Å²) >= 11 is 0. The summed E-state index contributed by atoms with van der Waals surface area (Å²) in [6.07, 6.45) is 1.35. The van der Waals surface area contributed by atoms with E-state index in [0.717, 1.165) is 0 Å². The molecule has 0 saturated carbocycles. The van der Waals surface area contributed by atoms with Gasteiger partial charge in [0.25, 0.3) is 5.91 Å². The smallest absolute Gasteiger partial charge is 0.271 e. The summed E-state index contributed by atoms with van der Waals surface area (Å²) in [5.41, 5.74) is -0.530. The van der Waals surface area contributed by atoms with E-state index in [9.17, 15) is 19.1 Å². The first-order chi connectivity index (χ1) is 12.4. The van der Waals surface area contributed by atoms with E-state index >= 15 is 0 Å². The molecule has 134 valence electrons. The molecule has 0 bridgehead atoms. The van der Waals surface area contributed by atoms with Crippen LogP contribution in [-0.4, -0.2) is 33.9 Å². The topological polar surface area (TPSA) is 103 Å². The second kappa shape index (κ2) is 8.32. The molecule has 0 saturated heterocycles. The fourth-order valence-corrected chi connectivity index (χ4v) is 2.27. The highest BCUT2D eigenvalue weighted by Crippen LogP contribution is 2.11. The van der Waals surface area contributed by atoms with Gasteiger partial charge in [-0.3, -0.25) is 14.6 Å². The number of hydrogen-bond acceptors (Lipinski definition) is 5. The molecule has 0 radical (unpaired) electrons. The van der Waals surface area contributed by atoms with Crippen LogP contribution in [0.25, 0.3) is 0 Å². The van der Waals surface area contributed by atoms with Gasteiger partial charge in [0.15, 0.2) is 0 Å². The van der Waals surface area contributed by atoms with Crippen molar-refractivity contribution in [3.05, 3.63) is 65.2 Å². The minimum Gasteiger partial charge on any atom is -0.393 e. The number of halogens is 1. The summed E-state index contributed by atoms with van der Waals surface area (Å²) in [6, 6.07) is 10.9. The van der Waals surface area contributed by atoms with Crippen LogP contribution in [0.15, 0.2) is 42.6 Å². The maximum absolute atomic E-state index is 13.6. The maximum atomic E-state index is 13.6. The van der Waals surface area contributed by atoms with Gasteiger partial charge in [-0.1, -0.05) is 18.2 Å². The minimum atomic E-state index is -1.42. The highest BCUT2D eigenvalue weighted by molar-refractivity contribution is 5.93. The number of pyridine rings is 1. The van der Waals surface area contributed by atoms with Crippen LogP contribution in [0.5, 0.6) is 0 Å². The second-order valence-corrected chi connectivity index (χ2v) is 6.09. The first-order valence-electron chi connectivity index (χ1n) is 7.91. The van der Waals surface area contributed by atoms with Gasteiger partial charge >= 0.3 is 0 Å². The van der Waals surface area contributed by atoms with Crippen LogP contribution in [-0.2, 0) is 17.6 Å². The number of benzene rings is 1. The van der Waals surface area contributed by atoms with E-state index in [-0.39, 0.29) is 24.3 Å². The minimum absolute atomic E-state index is 0.0205. The molecule has 2 rings (SSSR count). The van der Waals surface area contributed by atoms with E-state index < -0.39 is 23.9 Å². The average Bonchev–Trinajstić information content (AvgIpc) is 2.63. The molecule has 1 unspecified atom stereocenters. The van der Waals surface area contributed by atoms with Crippen LogP contribution in [0.2, 0.25) is 0 Å². The van der Waals surface area contributed by atoms with Gasteiger partial charge in [0.2, 0.25) is 0 Å². The number of ketones is 1. The van der Waals surface area contributed by atoms with Gasteiger partial charge in [-0.05, 0) is 36.2 Å². The number of aliphatic hydroxyl groups excluding tert-OH is 1. The lowest BCUT2D eigenvalue weighted by molar-refractivity contribution is -0.117. The summed E-state index contributed by atoms with van der Waals surface area (Å²) in [5.74, 6) is -1.27. The Balaban J connectivity index is 2.07. The molecule has 6 nitrogen and oxygen atoms in total. The fraction of sp³-hybridized carbons (Fsp3) is 0.263. The zero-order chi connectivity index (χ0) is 19.2. The Kier molecular flexibility index (Phi) is 6.15. The number of aliphatic hydroxyl groups is 1. The lowest BCUT2D eigenvalue weighted by atomic mass is 10.0. The number of hydrogen-bond donors (Lipinski definition) is 2. The summed E-state index contributed by atoms with van der Waals surface area (Å²) in [6.45, 7) is 0.836. The SMILES string of the molecule is CC(C#N)(CO)NC(=O)c1cc(CC(=O)Cc2ccccc2F)ccn1. The largest absolute Gasteiger partial charge is 0.393 e. The molecule has 2 aromatic rings. The van der Waals surface area contributed by atoms with Crippen LogP contribution in [0.3, 0.4) is 0 Å². The first kappa shape index (κ1) is 19.2. The van der Waals surface area contributed by atoms with Crippen molar-refractivity contribution in [1.82, 2.24) is 10.3 Å². The van der Waals surface area contributed by atoms with E-state index in [1.807, 2.05) is 6.07 Å². The molecule has 1 aromatic carbocycles. The van der Waals surface area contributed by atoms with Gasteiger partial charge in [0.1, 0.15) is 22.8 Å². The number of aromatic nitrogens is 1. The van der Waals surface area contributed by atoms with Gasteiger partial charge in [0, 0.05) is 19.0 Å². The fourth-order valence-electron chi connectivity index (χ4n) is 2.27. The summed E-state index contributed by atoms with van der Waals surface area (Å²) < 4.78 is 13.6. The Morgan fingerprint density at radius 3 is 2.69 bits per heavy atom. The molecule has 0 spiro atoms. The molecule has 1 aromatic heterocycles. The predicted octanol–water partition coefficient (Wildman–Crippen LogP) is 1.58. The molecule has 0 aliphatic rings. The van der Waals surface area contributed by atoms with Gasteiger partial charge in [-0.15, -0.1) is 0 Å². The van der Waals surface area contributed by atoms with Crippen molar-refractivity contribution in [2.24, 2.45) is 0 Å². The molecule has 2 N–H and O–H groups in total. The lowest BCUT2D eigenvalue weighted by Gasteiger charge is -2.20. The van der Waals surface area contributed by atoms with Gasteiger partial charge in [0.05, 0.1) is 12.7 Å². The molecular formula is C19H18FN3O3. The quantitative estimate of drug-likeness (QED) is 0.785. The molecule has 1 amide bonds. The third kappa shape index (κ3) is 4.94. The van der Waals surface area contributed by atoms with Crippen molar-refractivity contribution in [3.8, 4) is 6.07 Å². The van der Waals surface area contributed by atoms with E-state index in [0.29, 0.717) is 11.1 Å². The van der Waals surface area contributed by atoms with Crippen LogP contribution in [0.1, 0.15) is 28.5 Å². The van der Waals surface area contributed by atoms with Crippen molar-refractivity contribution in [2.75, 3.05) is 6.61 Å². The third-order valence-corrected chi connectivity index (χ3v) is 3.76. The molecule has 0 aliphatic carbocycles. The predicted molar refractivity (Wildman–Crippen MR) is 91.6 cm³/mol. The Morgan fingerprint density at radius 2 is 2.04 bits per heavy atom. The highest BCUT2D eigenvalue weighted by Gasteiger charge is 2.26. The summed E-state index contributed by atoms with van der Waals surface area (Å²) in [4.78, 5) is 28.3. The normalized spacial score (nSPS) is 12.7. The average molecular weight is 355 g/mol. The Bertz CT molecular complexity index is 863. The Labute approximate surface area is 150 Å². The van der Waals surface area contributed by atoms with E-state index in [1.165, 1.54) is 25.3 Å². The van der Waals surface area contributed by atoms with Crippen molar-refractivity contribution in [2.45, 2.75) is 25.3 Å². The molecule has 7 heteroatoms. The van der Waals surface area contributed by atoms with Crippen LogP contribution in [0.4, 0.5) is 4.39 Å².